The second kappa shape index (κ2) is 7.18. The number of nitrogens with one attached hydrogen (secondary N) is 2. The van der Waals surface area contributed by atoms with Crippen LogP contribution < -0.4 is 5.32 Å². The number of halogens is 2. The van der Waals surface area contributed by atoms with E-state index in [0.717, 1.165) is 10.9 Å². The number of nitro groups is 1. The van der Waals surface area contributed by atoms with E-state index in [0.29, 0.717) is 22.1 Å². The van der Waals surface area contributed by atoms with Gasteiger partial charge in [-0.2, -0.15) is 0 Å². The largest absolute Gasteiger partial charge is 0.361 e. The first-order valence-corrected chi connectivity index (χ1v) is 8.51. The Kier molecular flexibility index (Phi) is 4.98. The van der Waals surface area contributed by atoms with Crippen LogP contribution in [0.15, 0.2) is 42.6 Å². The van der Waals surface area contributed by atoms with Crippen LogP contribution in [0.25, 0.3) is 10.9 Å². The lowest BCUT2D eigenvalue weighted by atomic mass is 10.1. The Labute approximate surface area is 155 Å². The van der Waals surface area contributed by atoms with Crippen LogP contribution in [0, 0.1) is 19.5 Å². The van der Waals surface area contributed by atoms with Crippen LogP contribution in [-0.4, -0.2) is 22.4 Å². The molecule has 0 aliphatic heterocycles. The van der Waals surface area contributed by atoms with Gasteiger partial charge >= 0.3 is 0 Å². The fraction of sp³-hybridized carbons (Fsp3) is 0.118. The Morgan fingerprint density at radius 3 is 2.84 bits per heavy atom. The molecule has 0 fully saturated rings. The first-order chi connectivity index (χ1) is 12.0. The van der Waals surface area contributed by atoms with Crippen molar-refractivity contribution < 1.29 is 14.1 Å². The van der Waals surface area contributed by atoms with Gasteiger partial charge in [0.1, 0.15) is 5.82 Å². The average molecular weight is 453 g/mol. The Hall–Kier alpha value is -2.49. The molecule has 0 aliphatic carbocycles. The van der Waals surface area contributed by atoms with Crippen molar-refractivity contribution in [3.63, 3.8) is 0 Å². The third-order valence-corrected chi connectivity index (χ3v) is 4.76. The summed E-state index contributed by atoms with van der Waals surface area (Å²) in [6.45, 7) is 0.363. The summed E-state index contributed by atoms with van der Waals surface area (Å²) in [7, 11) is 0. The lowest BCUT2D eigenvalue weighted by molar-refractivity contribution is -0.384. The van der Waals surface area contributed by atoms with E-state index in [1.807, 2.05) is 22.6 Å². The zero-order chi connectivity index (χ0) is 18.0. The van der Waals surface area contributed by atoms with Crippen LogP contribution >= 0.6 is 22.6 Å². The zero-order valence-electron chi connectivity index (χ0n) is 12.9. The number of hydrogen-bond donors (Lipinski definition) is 2. The Bertz CT molecular complexity index is 971. The maximum absolute atomic E-state index is 13.2. The van der Waals surface area contributed by atoms with Crippen LogP contribution in [0.2, 0.25) is 0 Å². The normalized spacial score (nSPS) is 10.8. The van der Waals surface area contributed by atoms with Crippen molar-refractivity contribution in [1.29, 1.82) is 0 Å². The number of hydrogen-bond acceptors (Lipinski definition) is 3. The van der Waals surface area contributed by atoms with Crippen molar-refractivity contribution in [2.75, 3.05) is 6.54 Å². The third kappa shape index (κ3) is 3.78. The summed E-state index contributed by atoms with van der Waals surface area (Å²) in [5.74, 6) is -0.673. The van der Waals surface area contributed by atoms with Crippen molar-refractivity contribution in [3.05, 3.63) is 73.2 Å². The van der Waals surface area contributed by atoms with Gasteiger partial charge in [0.2, 0.25) is 0 Å². The number of carbonyl (C=O) groups excluding carboxylic acids is 1. The summed E-state index contributed by atoms with van der Waals surface area (Å²) < 4.78 is 13.8. The second-order valence-electron chi connectivity index (χ2n) is 5.43. The van der Waals surface area contributed by atoms with Crippen molar-refractivity contribution in [2.45, 2.75) is 6.42 Å². The minimum Gasteiger partial charge on any atom is -0.361 e. The molecule has 0 spiro atoms. The van der Waals surface area contributed by atoms with E-state index in [-0.39, 0.29) is 23.0 Å². The van der Waals surface area contributed by atoms with Gasteiger partial charge in [-0.05, 0) is 58.8 Å². The molecule has 0 bridgehead atoms. The number of non-ortho nitro benzene ring substituents is 1. The van der Waals surface area contributed by atoms with Crippen LogP contribution in [0.3, 0.4) is 0 Å². The average Bonchev–Trinajstić information content (AvgIpc) is 2.97. The van der Waals surface area contributed by atoms with E-state index in [1.165, 1.54) is 24.3 Å². The van der Waals surface area contributed by atoms with Gasteiger partial charge < -0.3 is 10.3 Å². The molecule has 0 atom stereocenters. The first-order valence-electron chi connectivity index (χ1n) is 7.43. The quantitative estimate of drug-likeness (QED) is 0.350. The predicted molar refractivity (Wildman–Crippen MR) is 100 cm³/mol. The minimum atomic E-state index is -0.530. The maximum atomic E-state index is 13.2. The molecule has 1 amide bonds. The molecule has 2 aromatic carbocycles. The Morgan fingerprint density at radius 1 is 1.28 bits per heavy atom. The van der Waals surface area contributed by atoms with E-state index < -0.39 is 4.92 Å². The van der Waals surface area contributed by atoms with E-state index in [1.54, 1.807) is 18.3 Å². The van der Waals surface area contributed by atoms with Gasteiger partial charge in [-0.15, -0.1) is 0 Å². The van der Waals surface area contributed by atoms with Gasteiger partial charge in [-0.1, -0.05) is 0 Å². The van der Waals surface area contributed by atoms with Gasteiger partial charge in [-0.25, -0.2) is 4.39 Å². The number of H-pyrrole nitrogens is 1. The molecule has 1 aromatic heterocycles. The molecule has 25 heavy (non-hydrogen) atoms. The molecule has 8 heteroatoms. The molecule has 6 nitrogen and oxygen atoms in total. The smallest absolute Gasteiger partial charge is 0.270 e. The van der Waals surface area contributed by atoms with Gasteiger partial charge in [-0.3, -0.25) is 14.9 Å². The molecule has 0 unspecified atom stereocenters. The molecule has 3 rings (SSSR count). The van der Waals surface area contributed by atoms with E-state index in [4.69, 9.17) is 0 Å². The first kappa shape index (κ1) is 17.3. The van der Waals surface area contributed by atoms with E-state index >= 15 is 0 Å². The monoisotopic (exact) mass is 453 g/mol. The SMILES string of the molecule is O=C(NCCc1c[nH]c2cc(F)ccc12)c1cc([N+](=O)[O-])ccc1I. The summed E-state index contributed by atoms with van der Waals surface area (Å²) in [6.07, 6.45) is 2.34. The highest BCUT2D eigenvalue weighted by Gasteiger charge is 2.15. The summed E-state index contributed by atoms with van der Waals surface area (Å²) in [6, 6.07) is 8.69. The van der Waals surface area contributed by atoms with Gasteiger partial charge in [0.05, 0.1) is 10.5 Å². The van der Waals surface area contributed by atoms with Crippen molar-refractivity contribution in [2.24, 2.45) is 0 Å². The predicted octanol–water partition coefficient (Wildman–Crippen LogP) is 3.79. The molecule has 0 radical (unpaired) electrons. The van der Waals surface area contributed by atoms with Gasteiger partial charge in [0, 0.05) is 39.3 Å². The summed E-state index contributed by atoms with van der Waals surface area (Å²) >= 11 is 1.97. The number of aromatic amines is 1. The summed E-state index contributed by atoms with van der Waals surface area (Å²) in [5.41, 5.74) is 1.82. The van der Waals surface area contributed by atoms with Gasteiger partial charge in [0.25, 0.3) is 11.6 Å². The molecule has 1 heterocycles. The van der Waals surface area contributed by atoms with E-state index in [2.05, 4.69) is 10.3 Å². The molecule has 0 saturated heterocycles. The topological polar surface area (TPSA) is 88.0 Å². The number of benzene rings is 2. The van der Waals surface area contributed by atoms with Crippen LogP contribution in [0.4, 0.5) is 10.1 Å². The number of amides is 1. The number of nitrogens with zero attached hydrogens (tertiary/aromatic N) is 1. The van der Waals surface area contributed by atoms with Crippen LogP contribution in [0.5, 0.6) is 0 Å². The number of rotatable bonds is 5. The molecular weight excluding hydrogens is 440 g/mol. The third-order valence-electron chi connectivity index (χ3n) is 3.81. The fourth-order valence-electron chi connectivity index (χ4n) is 2.57. The van der Waals surface area contributed by atoms with E-state index in [9.17, 15) is 19.3 Å². The van der Waals surface area contributed by atoms with Crippen molar-refractivity contribution >= 4 is 45.1 Å². The molecule has 2 N–H and O–H groups in total. The molecule has 3 aromatic rings. The number of aromatic nitrogens is 1. The standard InChI is InChI=1S/C17H13FIN3O3/c18-11-1-3-13-10(9-21-16(13)7-11)5-6-20-17(23)14-8-12(22(24)25)2-4-15(14)19/h1-4,7-9,21H,5-6H2,(H,20,23). The number of nitro benzene ring substituents is 1. The number of carbonyl (C=O) groups is 1. The Balaban J connectivity index is 1.68. The fourth-order valence-corrected chi connectivity index (χ4v) is 3.15. The number of fused-ring (bicyclic) bond motifs is 1. The molecule has 0 saturated carbocycles. The highest BCUT2D eigenvalue weighted by molar-refractivity contribution is 14.1. The summed E-state index contributed by atoms with van der Waals surface area (Å²) in [5, 5.41) is 14.5. The maximum Gasteiger partial charge on any atom is 0.270 e. The van der Waals surface area contributed by atoms with Gasteiger partial charge in [0.15, 0.2) is 0 Å². The van der Waals surface area contributed by atoms with Crippen molar-refractivity contribution in [1.82, 2.24) is 10.3 Å². The lowest BCUT2D eigenvalue weighted by Gasteiger charge is -2.07. The minimum absolute atomic E-state index is 0.121. The highest BCUT2D eigenvalue weighted by atomic mass is 127. The molecule has 0 aliphatic rings. The van der Waals surface area contributed by atoms with Crippen LogP contribution in [-0.2, 0) is 6.42 Å². The Morgan fingerprint density at radius 2 is 2.08 bits per heavy atom. The lowest BCUT2D eigenvalue weighted by Crippen LogP contribution is -2.26. The van der Waals surface area contributed by atoms with Crippen molar-refractivity contribution in [3.8, 4) is 0 Å². The highest BCUT2D eigenvalue weighted by Crippen LogP contribution is 2.21. The second-order valence-corrected chi connectivity index (χ2v) is 6.59. The molecular formula is C17H13FIN3O3. The summed E-state index contributed by atoms with van der Waals surface area (Å²) in [4.78, 5) is 25.6. The molecule has 128 valence electrons. The zero-order valence-corrected chi connectivity index (χ0v) is 15.0. The van der Waals surface area contributed by atoms with Crippen LogP contribution in [0.1, 0.15) is 15.9 Å².